The van der Waals surface area contributed by atoms with Gasteiger partial charge in [0.25, 0.3) is 0 Å². The van der Waals surface area contributed by atoms with Crippen molar-refractivity contribution in [2.75, 3.05) is 13.2 Å². The van der Waals surface area contributed by atoms with Gasteiger partial charge in [-0.1, -0.05) is 12.1 Å². The van der Waals surface area contributed by atoms with Gasteiger partial charge < -0.3 is 14.6 Å². The van der Waals surface area contributed by atoms with Crippen LogP contribution in [-0.2, 0) is 14.3 Å². The van der Waals surface area contributed by atoms with E-state index in [-0.39, 0.29) is 18.9 Å². The summed E-state index contributed by atoms with van der Waals surface area (Å²) in [5.41, 5.74) is 0.741. The van der Waals surface area contributed by atoms with E-state index in [1.54, 1.807) is 30.7 Å². The fraction of sp³-hybridized carbons (Fsp3) is 0.250. The molecule has 5 heteroatoms. The Balaban J connectivity index is 2.64. The van der Waals surface area contributed by atoms with Crippen molar-refractivity contribution in [2.24, 2.45) is 0 Å². The van der Waals surface area contributed by atoms with Crippen LogP contribution < -0.4 is 4.57 Å². The van der Waals surface area contributed by atoms with Crippen LogP contribution in [0.1, 0.15) is 13.8 Å². The lowest BCUT2D eigenvalue weighted by molar-refractivity contribution is -0.552. The third-order valence-electron chi connectivity index (χ3n) is 2.90. The quantitative estimate of drug-likeness (QED) is 0.397. The summed E-state index contributed by atoms with van der Waals surface area (Å²) in [6.07, 6.45) is 1.68. The molecule has 0 aliphatic rings. The summed E-state index contributed by atoms with van der Waals surface area (Å²) >= 11 is 0. The number of carbonyl (C=O) groups is 1. The third kappa shape index (κ3) is 3.13. The summed E-state index contributed by atoms with van der Waals surface area (Å²) in [5, 5.41) is 11.0. The largest absolute Gasteiger partial charge is 0.476 e. The van der Waals surface area contributed by atoms with E-state index in [9.17, 15) is 9.90 Å². The van der Waals surface area contributed by atoms with Gasteiger partial charge in [-0.05, 0) is 26.0 Å². The maximum Gasteiger partial charge on any atom is 0.412 e. The Morgan fingerprint density at radius 3 is 2.48 bits per heavy atom. The van der Waals surface area contributed by atoms with Crippen LogP contribution in [0.2, 0.25) is 0 Å². The summed E-state index contributed by atoms with van der Waals surface area (Å²) in [6.45, 7) is 3.90. The Labute approximate surface area is 123 Å². The Morgan fingerprint density at radius 2 is 1.76 bits per heavy atom. The number of aliphatic hydroxyl groups is 1. The maximum atomic E-state index is 12.2. The van der Waals surface area contributed by atoms with E-state index in [1.165, 1.54) is 0 Å². The molecule has 0 saturated carbocycles. The van der Waals surface area contributed by atoms with E-state index in [1.807, 2.05) is 30.3 Å². The lowest BCUT2D eigenvalue weighted by atomic mass is 10.2. The van der Waals surface area contributed by atoms with Crippen molar-refractivity contribution >= 4 is 22.6 Å². The van der Waals surface area contributed by atoms with Crippen LogP contribution in [0.4, 0.5) is 0 Å². The van der Waals surface area contributed by atoms with Crippen LogP contribution in [-0.4, -0.2) is 24.3 Å². The second-order valence-electron chi connectivity index (χ2n) is 4.24. The number of esters is 1. The molecule has 0 spiro atoms. The lowest BCUT2D eigenvalue weighted by Gasteiger charge is -2.07. The van der Waals surface area contributed by atoms with Crippen LogP contribution in [0.15, 0.2) is 48.5 Å². The van der Waals surface area contributed by atoms with Crippen LogP contribution in [0.3, 0.4) is 0 Å². The Kier molecular flexibility index (Phi) is 4.77. The van der Waals surface area contributed by atoms with Crippen molar-refractivity contribution < 1.29 is 23.9 Å². The number of benzene rings is 1. The predicted octanol–water partition coefficient (Wildman–Crippen LogP) is 2.41. The number of carbonyl (C=O) groups excluding carboxylic acids is 1. The smallest absolute Gasteiger partial charge is 0.412 e. The fourth-order valence-electron chi connectivity index (χ4n) is 2.05. The molecule has 0 aliphatic carbocycles. The third-order valence-corrected chi connectivity index (χ3v) is 2.90. The molecular formula is C16H18NO4+. The van der Waals surface area contributed by atoms with Crippen LogP contribution >= 0.6 is 0 Å². The second kappa shape index (κ2) is 6.74. The first-order valence-corrected chi connectivity index (χ1v) is 6.82. The molecule has 0 aliphatic heterocycles. The van der Waals surface area contributed by atoms with Gasteiger partial charge in [0.05, 0.1) is 13.2 Å². The zero-order valence-electron chi connectivity index (χ0n) is 12.1. The molecule has 0 radical (unpaired) electrons. The number of fused-ring (bicyclic) bond motifs is 1. The number of hydrogen-bond acceptors (Lipinski definition) is 4. The monoisotopic (exact) mass is 288 g/mol. The molecule has 110 valence electrons. The molecule has 0 atom stereocenters. The van der Waals surface area contributed by atoms with E-state index < -0.39 is 11.9 Å². The molecule has 0 bridgehead atoms. The number of ether oxygens (including phenoxy) is 2. The first-order valence-electron chi connectivity index (χ1n) is 6.82. The minimum Gasteiger partial charge on any atom is -0.476 e. The molecule has 0 amide bonds. The summed E-state index contributed by atoms with van der Waals surface area (Å²) < 4.78 is 11.7. The normalized spacial score (nSPS) is 11.9. The van der Waals surface area contributed by atoms with Gasteiger partial charge in [0.15, 0.2) is 6.20 Å². The average Bonchev–Trinajstić information content (AvgIpc) is 2.48. The highest BCUT2D eigenvalue weighted by atomic mass is 16.6. The van der Waals surface area contributed by atoms with Gasteiger partial charge in [0.2, 0.25) is 5.52 Å². The molecule has 1 heterocycles. The second-order valence-corrected chi connectivity index (χ2v) is 4.24. The van der Waals surface area contributed by atoms with E-state index in [4.69, 9.17) is 9.47 Å². The van der Waals surface area contributed by atoms with E-state index in [0.29, 0.717) is 0 Å². The number of rotatable bonds is 5. The van der Waals surface area contributed by atoms with Crippen molar-refractivity contribution in [2.45, 2.75) is 13.8 Å². The van der Waals surface area contributed by atoms with Gasteiger partial charge in [-0.3, -0.25) is 0 Å². The number of nitrogens with zero attached hydrogens (tertiary/aromatic N) is 1. The van der Waals surface area contributed by atoms with Gasteiger partial charge in [0.1, 0.15) is 0 Å². The first kappa shape index (κ1) is 14.8. The zero-order valence-corrected chi connectivity index (χ0v) is 12.1. The molecule has 1 aromatic heterocycles. The number of pyridine rings is 1. The summed E-state index contributed by atoms with van der Waals surface area (Å²) in [6, 6.07) is 11.3. The Hall–Kier alpha value is -2.56. The maximum absolute atomic E-state index is 12.2. The summed E-state index contributed by atoms with van der Waals surface area (Å²) in [7, 11) is 0. The first-order chi connectivity index (χ1) is 10.2. The molecule has 21 heavy (non-hydrogen) atoms. The topological polar surface area (TPSA) is 59.6 Å². The van der Waals surface area contributed by atoms with Crippen molar-refractivity contribution in [3.63, 3.8) is 0 Å². The zero-order chi connectivity index (χ0) is 15.2. The van der Waals surface area contributed by atoms with Crippen LogP contribution in [0, 0.1) is 0 Å². The summed E-state index contributed by atoms with van der Waals surface area (Å²) in [4.78, 5) is 12.2. The molecule has 0 unspecified atom stereocenters. The lowest BCUT2D eigenvalue weighted by Crippen LogP contribution is -2.39. The van der Waals surface area contributed by atoms with Crippen molar-refractivity contribution in [1.29, 1.82) is 0 Å². The number of aromatic nitrogens is 1. The molecule has 0 saturated heterocycles. The van der Waals surface area contributed by atoms with Gasteiger partial charge in [0, 0.05) is 17.5 Å². The van der Waals surface area contributed by atoms with Gasteiger partial charge in [-0.15, -0.1) is 4.57 Å². The molecular weight excluding hydrogens is 270 g/mol. The van der Waals surface area contributed by atoms with Gasteiger partial charge >= 0.3 is 17.6 Å². The van der Waals surface area contributed by atoms with E-state index in [2.05, 4.69) is 0 Å². The van der Waals surface area contributed by atoms with Crippen LogP contribution in [0.25, 0.3) is 16.6 Å². The number of hydrogen-bond donors (Lipinski definition) is 1. The molecule has 1 N–H and O–H groups in total. The average molecular weight is 288 g/mol. The van der Waals surface area contributed by atoms with Crippen molar-refractivity contribution in [3.8, 4) is 0 Å². The van der Waals surface area contributed by atoms with E-state index >= 15 is 0 Å². The molecule has 2 aromatic rings. The standard InChI is InChI=1S/C16H17NO4/c1-3-20-15(18)14(16(19)21-4-2)17-11-7-9-12-8-5-6-10-13(12)17/h5-11H,3-4H2,1-2H3/p+1. The van der Waals surface area contributed by atoms with Gasteiger partial charge in [-0.25, -0.2) is 4.79 Å². The van der Waals surface area contributed by atoms with Gasteiger partial charge in [-0.2, -0.15) is 0 Å². The minimum atomic E-state index is -0.634. The SMILES string of the molecule is CCOC(=O)C(=C(O)OCC)[n+]1cccc2ccccc21. The highest BCUT2D eigenvalue weighted by molar-refractivity contribution is 6.06. The number of aliphatic hydroxyl groups excluding tert-OH is 1. The molecule has 2 rings (SSSR count). The molecule has 5 nitrogen and oxygen atoms in total. The fourth-order valence-corrected chi connectivity index (χ4v) is 2.05. The summed E-state index contributed by atoms with van der Waals surface area (Å²) in [5.74, 6) is -1.08. The molecule has 1 aromatic carbocycles. The molecule has 0 fully saturated rings. The Bertz CT molecular complexity index is 674. The Morgan fingerprint density at radius 1 is 1.10 bits per heavy atom. The van der Waals surface area contributed by atoms with E-state index in [0.717, 1.165) is 10.9 Å². The highest BCUT2D eigenvalue weighted by Crippen LogP contribution is 2.13. The predicted molar refractivity (Wildman–Crippen MR) is 78.2 cm³/mol. The minimum absolute atomic E-state index is 0.0319. The number of para-hydroxylation sites is 1. The highest BCUT2D eigenvalue weighted by Gasteiger charge is 2.31. The van der Waals surface area contributed by atoms with Crippen molar-refractivity contribution in [3.05, 3.63) is 48.5 Å². The van der Waals surface area contributed by atoms with Crippen LogP contribution in [0.5, 0.6) is 0 Å². The van der Waals surface area contributed by atoms with Crippen molar-refractivity contribution in [1.82, 2.24) is 0 Å².